The molecule has 1 aliphatic rings. The highest BCUT2D eigenvalue weighted by atomic mass is 79.9. The molecule has 0 spiro atoms. The second kappa shape index (κ2) is 8.86. The van der Waals surface area contributed by atoms with Crippen LogP contribution >= 0.6 is 15.9 Å². The number of nitrogens with zero attached hydrogens (tertiary/aromatic N) is 8. The first kappa shape index (κ1) is 23.4. The average molecular weight is 564 g/mol. The van der Waals surface area contributed by atoms with Gasteiger partial charge in [0.15, 0.2) is 11.5 Å². The van der Waals surface area contributed by atoms with E-state index in [1.807, 2.05) is 6.07 Å². The zero-order valence-corrected chi connectivity index (χ0v) is 21.2. The second-order valence-corrected chi connectivity index (χ2v) is 9.83. The van der Waals surface area contributed by atoms with Crippen molar-refractivity contribution in [1.82, 2.24) is 29.4 Å². The molecule has 0 bridgehead atoms. The van der Waals surface area contributed by atoms with Gasteiger partial charge in [0.25, 0.3) is 0 Å². The highest BCUT2D eigenvalue weighted by Crippen LogP contribution is 2.40. The molecule has 1 fully saturated rings. The van der Waals surface area contributed by atoms with E-state index in [9.17, 15) is 9.65 Å². The van der Waals surface area contributed by atoms with Gasteiger partial charge in [0.05, 0.1) is 21.4 Å². The lowest BCUT2D eigenvalue weighted by molar-refractivity contribution is 0.503. The Morgan fingerprint density at radius 3 is 2.84 bits per heavy atom. The molecule has 6 rings (SSSR count). The zero-order chi connectivity index (χ0) is 25.8. The van der Waals surface area contributed by atoms with Crippen LogP contribution in [-0.2, 0) is 7.05 Å². The topological polar surface area (TPSA) is 114 Å². The van der Waals surface area contributed by atoms with Crippen molar-refractivity contribution < 1.29 is 8.78 Å². The van der Waals surface area contributed by atoms with Crippen molar-refractivity contribution in [1.29, 1.82) is 5.26 Å². The molecule has 5 aromatic rings. The van der Waals surface area contributed by atoms with Gasteiger partial charge in [-0.3, -0.25) is 4.40 Å². The molecule has 2 N–H and O–H groups in total. The highest BCUT2D eigenvalue weighted by molar-refractivity contribution is 9.10. The molecule has 0 saturated carbocycles. The fourth-order valence-corrected chi connectivity index (χ4v) is 5.59. The van der Waals surface area contributed by atoms with Crippen LogP contribution in [0.5, 0.6) is 0 Å². The first-order valence-corrected chi connectivity index (χ1v) is 12.4. The fourth-order valence-electron chi connectivity index (χ4n) is 4.92. The fraction of sp³-hybridized carbons (Fsp3) is 0.240. The summed E-state index contributed by atoms with van der Waals surface area (Å²) in [5.74, 6) is -0.609. The van der Waals surface area contributed by atoms with Gasteiger partial charge in [0.2, 0.25) is 0 Å². The highest BCUT2D eigenvalue weighted by Gasteiger charge is 2.27. The lowest BCUT2D eigenvalue weighted by atomic mass is 10.0. The number of anilines is 1. The summed E-state index contributed by atoms with van der Waals surface area (Å²) in [6.07, 6.45) is 5.16. The van der Waals surface area contributed by atoms with E-state index in [4.69, 9.17) is 10.7 Å². The van der Waals surface area contributed by atoms with E-state index in [1.54, 1.807) is 36.0 Å². The maximum atomic E-state index is 16.0. The Bertz CT molecular complexity index is 1740. The minimum Gasteiger partial charge on any atom is -0.352 e. The minimum atomic E-state index is -0.686. The Balaban J connectivity index is 1.67. The third-order valence-corrected chi connectivity index (χ3v) is 7.39. The van der Waals surface area contributed by atoms with Crippen LogP contribution < -0.4 is 10.6 Å². The van der Waals surface area contributed by atoms with Crippen molar-refractivity contribution in [2.75, 3.05) is 18.0 Å². The van der Waals surface area contributed by atoms with Crippen LogP contribution in [0.3, 0.4) is 0 Å². The van der Waals surface area contributed by atoms with Gasteiger partial charge in [-0.25, -0.2) is 23.4 Å². The monoisotopic (exact) mass is 563 g/mol. The number of hydrogen-bond acceptors (Lipinski definition) is 7. The van der Waals surface area contributed by atoms with E-state index in [0.717, 1.165) is 19.4 Å². The minimum absolute atomic E-state index is 0.00444. The molecule has 0 aliphatic carbocycles. The molecule has 4 heterocycles. The van der Waals surface area contributed by atoms with Crippen LogP contribution in [0.4, 0.5) is 14.6 Å². The van der Waals surface area contributed by atoms with Crippen molar-refractivity contribution in [3.05, 3.63) is 58.3 Å². The predicted octanol–water partition coefficient (Wildman–Crippen LogP) is 4.18. The Morgan fingerprint density at radius 2 is 2.08 bits per heavy atom. The lowest BCUT2D eigenvalue weighted by Crippen LogP contribution is -2.43. The number of halogens is 3. The van der Waals surface area contributed by atoms with Crippen LogP contribution in [0.2, 0.25) is 0 Å². The van der Waals surface area contributed by atoms with E-state index >= 15 is 4.39 Å². The van der Waals surface area contributed by atoms with Gasteiger partial charge < -0.3 is 10.6 Å². The predicted molar refractivity (Wildman–Crippen MR) is 138 cm³/mol. The molecule has 0 unspecified atom stereocenters. The Hall–Kier alpha value is -3.95. The molecule has 0 radical (unpaired) electrons. The third kappa shape index (κ3) is 3.73. The van der Waals surface area contributed by atoms with Crippen LogP contribution in [0.15, 0.2) is 41.1 Å². The molecule has 1 saturated heterocycles. The molecule has 37 heavy (non-hydrogen) atoms. The van der Waals surface area contributed by atoms with E-state index in [0.29, 0.717) is 46.0 Å². The van der Waals surface area contributed by atoms with Crippen molar-refractivity contribution in [3.8, 4) is 28.6 Å². The Kier molecular flexibility index (Phi) is 5.62. The van der Waals surface area contributed by atoms with Crippen molar-refractivity contribution >= 4 is 38.4 Å². The molecule has 1 atom stereocenters. The summed E-state index contributed by atoms with van der Waals surface area (Å²) in [7, 11) is 1.68. The molecule has 2 aromatic carbocycles. The first-order chi connectivity index (χ1) is 17.9. The smallest absolute Gasteiger partial charge is 0.181 e. The van der Waals surface area contributed by atoms with Crippen LogP contribution in [0, 0.1) is 23.0 Å². The van der Waals surface area contributed by atoms with Gasteiger partial charge in [-0.1, -0.05) is 11.3 Å². The average Bonchev–Trinajstić information content (AvgIpc) is 3.46. The van der Waals surface area contributed by atoms with Gasteiger partial charge in [-0.15, -0.1) is 5.10 Å². The number of nitrogens with two attached hydrogens (primary N) is 1. The third-order valence-electron chi connectivity index (χ3n) is 6.67. The van der Waals surface area contributed by atoms with Crippen LogP contribution in [0.25, 0.3) is 39.2 Å². The zero-order valence-electron chi connectivity index (χ0n) is 19.7. The summed E-state index contributed by atoms with van der Waals surface area (Å²) in [5, 5.41) is 17.4. The number of aryl methyl sites for hydroxylation is 1. The van der Waals surface area contributed by atoms with E-state index < -0.39 is 11.6 Å². The van der Waals surface area contributed by atoms with Gasteiger partial charge in [-0.2, -0.15) is 5.26 Å². The molecular formula is C25H20BrF2N9. The van der Waals surface area contributed by atoms with Crippen LogP contribution in [-0.4, -0.2) is 48.5 Å². The van der Waals surface area contributed by atoms with E-state index in [1.165, 1.54) is 16.8 Å². The molecule has 186 valence electrons. The summed E-state index contributed by atoms with van der Waals surface area (Å²) in [6, 6.07) is 7.66. The summed E-state index contributed by atoms with van der Waals surface area (Å²) >= 11 is 3.37. The Morgan fingerprint density at radius 1 is 1.24 bits per heavy atom. The van der Waals surface area contributed by atoms with Gasteiger partial charge in [0, 0.05) is 49.7 Å². The summed E-state index contributed by atoms with van der Waals surface area (Å²) in [6.45, 7) is 1.37. The maximum absolute atomic E-state index is 16.0. The van der Waals surface area contributed by atoms with E-state index in [-0.39, 0.29) is 21.6 Å². The normalized spacial score (nSPS) is 16.0. The van der Waals surface area contributed by atoms with Crippen molar-refractivity contribution in [2.45, 2.75) is 18.9 Å². The molecule has 9 nitrogen and oxygen atoms in total. The number of nitriles is 1. The van der Waals surface area contributed by atoms with Crippen molar-refractivity contribution in [2.24, 2.45) is 12.8 Å². The van der Waals surface area contributed by atoms with Crippen molar-refractivity contribution in [3.63, 3.8) is 0 Å². The Labute approximate surface area is 218 Å². The number of benzene rings is 2. The lowest BCUT2D eigenvalue weighted by Gasteiger charge is -2.31. The molecule has 0 amide bonds. The number of fused-ring (bicyclic) bond motifs is 2. The molecule has 1 aliphatic heterocycles. The molecule has 12 heteroatoms. The first-order valence-electron chi connectivity index (χ1n) is 11.6. The summed E-state index contributed by atoms with van der Waals surface area (Å²) in [5.41, 5.74) is 8.95. The number of rotatable bonds is 3. The van der Waals surface area contributed by atoms with Gasteiger partial charge >= 0.3 is 0 Å². The summed E-state index contributed by atoms with van der Waals surface area (Å²) < 4.78 is 34.1. The van der Waals surface area contributed by atoms with Crippen LogP contribution in [0.1, 0.15) is 18.4 Å². The summed E-state index contributed by atoms with van der Waals surface area (Å²) in [4.78, 5) is 11.5. The number of imidazole rings is 1. The number of piperidine rings is 1. The maximum Gasteiger partial charge on any atom is 0.181 e. The van der Waals surface area contributed by atoms with Gasteiger partial charge in [-0.05, 0) is 47.0 Å². The second-order valence-electron chi connectivity index (χ2n) is 9.04. The largest absolute Gasteiger partial charge is 0.352 e. The SMILES string of the molecule is Cn1nnc2cc(-c3c(-c4ccc(C#N)c(F)c4)nc4c(N5CCC[C@@H](N)C5)nccn34)c(F)c(Br)c21. The van der Waals surface area contributed by atoms with E-state index in [2.05, 4.69) is 36.1 Å². The standard InChI is InChI=1S/C25H20BrF2N9/c1-35-23-18(33-34-35)10-16(20(28)19(23)26)22-21(13-4-5-14(11-29)17(27)9-13)32-25-24(31-6-8-37(22)25)36-7-2-3-15(30)12-36/h4-6,8-10,15H,2-3,7,12,30H2,1H3/t15-/m1/s1. The molecule has 3 aromatic heterocycles. The molecular weight excluding hydrogens is 544 g/mol. The number of aromatic nitrogens is 6. The quantitative estimate of drug-likeness (QED) is 0.350. The number of hydrogen-bond donors (Lipinski definition) is 1. The van der Waals surface area contributed by atoms with Gasteiger partial charge in [0.1, 0.15) is 28.7 Å².